The molecule has 0 spiro atoms. The van der Waals surface area contributed by atoms with E-state index in [0.717, 1.165) is 0 Å². The van der Waals surface area contributed by atoms with Crippen molar-refractivity contribution in [2.75, 3.05) is 0 Å². The zero-order chi connectivity index (χ0) is 9.80. The van der Waals surface area contributed by atoms with Crippen molar-refractivity contribution in [1.82, 2.24) is 0 Å². The minimum Gasteiger partial charge on any atom is -0.0622 e. The van der Waals surface area contributed by atoms with Gasteiger partial charge in [0.05, 0.1) is 0 Å². The molecule has 0 bridgehead atoms. The van der Waals surface area contributed by atoms with Gasteiger partial charge in [-0.3, -0.25) is 0 Å². The molecule has 1 aliphatic carbocycles. The van der Waals surface area contributed by atoms with Crippen LogP contribution in [0, 0.1) is 5.92 Å². The fourth-order valence-electron chi connectivity index (χ4n) is 2.42. The van der Waals surface area contributed by atoms with Gasteiger partial charge < -0.3 is 0 Å². The largest absolute Gasteiger partial charge is 0.0622 e. The zero-order valence-electron chi connectivity index (χ0n) is 9.00. The van der Waals surface area contributed by atoms with Gasteiger partial charge in [0, 0.05) is 0 Å². The maximum absolute atomic E-state index is 2.36. The van der Waals surface area contributed by atoms with Gasteiger partial charge in [0.2, 0.25) is 0 Å². The molecule has 1 aromatic rings. The Balaban J connectivity index is 2.03. The second-order valence-electron chi connectivity index (χ2n) is 4.35. The van der Waals surface area contributed by atoms with Crippen LogP contribution in [-0.4, -0.2) is 0 Å². The van der Waals surface area contributed by atoms with Gasteiger partial charge in [-0.1, -0.05) is 56.5 Å². The van der Waals surface area contributed by atoms with E-state index in [1.807, 2.05) is 0 Å². The molecular weight excluding hydrogens is 168 g/mol. The van der Waals surface area contributed by atoms with Crippen LogP contribution in [0.25, 0.3) is 0 Å². The molecular formula is C14H19. The van der Waals surface area contributed by atoms with Crippen LogP contribution in [-0.2, 0) is 0 Å². The van der Waals surface area contributed by atoms with E-state index in [-0.39, 0.29) is 0 Å². The van der Waals surface area contributed by atoms with Crippen molar-refractivity contribution < 1.29 is 0 Å². The van der Waals surface area contributed by atoms with Crippen LogP contribution in [0.2, 0.25) is 0 Å². The van der Waals surface area contributed by atoms with Crippen molar-refractivity contribution in [3.05, 3.63) is 41.8 Å². The molecule has 1 atom stereocenters. The van der Waals surface area contributed by atoms with E-state index in [9.17, 15) is 0 Å². The molecule has 0 aliphatic heterocycles. The maximum atomic E-state index is 2.36. The Morgan fingerprint density at radius 1 is 0.929 bits per heavy atom. The van der Waals surface area contributed by atoms with Crippen LogP contribution in [0.5, 0.6) is 0 Å². The minimum atomic E-state index is 0.677. The number of hydrogen-bond acceptors (Lipinski definition) is 0. The van der Waals surface area contributed by atoms with E-state index in [2.05, 4.69) is 37.3 Å². The summed E-state index contributed by atoms with van der Waals surface area (Å²) >= 11 is 0. The Labute approximate surface area is 87.3 Å². The highest BCUT2D eigenvalue weighted by Crippen LogP contribution is 2.37. The molecule has 1 saturated carbocycles. The first-order chi connectivity index (χ1) is 6.88. The molecule has 1 unspecified atom stereocenters. The van der Waals surface area contributed by atoms with E-state index in [1.165, 1.54) is 37.7 Å². The Bertz CT molecular complexity index is 257. The van der Waals surface area contributed by atoms with Crippen molar-refractivity contribution in [1.29, 1.82) is 0 Å². The van der Waals surface area contributed by atoms with Gasteiger partial charge in [-0.05, 0) is 30.2 Å². The lowest BCUT2D eigenvalue weighted by Gasteiger charge is -2.27. The first-order valence-electron chi connectivity index (χ1n) is 5.77. The van der Waals surface area contributed by atoms with Gasteiger partial charge in [-0.25, -0.2) is 0 Å². The highest BCUT2D eigenvalue weighted by atomic mass is 14.3. The molecule has 1 radical (unpaired) electrons. The Kier molecular flexibility index (Phi) is 3.23. The second kappa shape index (κ2) is 4.63. The van der Waals surface area contributed by atoms with Crippen LogP contribution in [0.3, 0.4) is 0 Å². The highest BCUT2D eigenvalue weighted by molar-refractivity contribution is 5.25. The molecule has 1 fully saturated rings. The third-order valence-corrected chi connectivity index (χ3v) is 3.41. The molecule has 1 aromatic carbocycles. The number of benzene rings is 1. The van der Waals surface area contributed by atoms with Crippen molar-refractivity contribution >= 4 is 0 Å². The summed E-state index contributed by atoms with van der Waals surface area (Å²) in [5, 5.41) is 0. The summed E-state index contributed by atoms with van der Waals surface area (Å²) in [6.07, 6.45) is 6.97. The lowest BCUT2D eigenvalue weighted by molar-refractivity contribution is 0.488. The second-order valence-corrected chi connectivity index (χ2v) is 4.35. The SMILES string of the molecule is CC([C]1CCCCC1)c1ccccc1. The first-order valence-corrected chi connectivity index (χ1v) is 5.77. The summed E-state index contributed by atoms with van der Waals surface area (Å²) in [6, 6.07) is 10.9. The van der Waals surface area contributed by atoms with Gasteiger partial charge in [0.25, 0.3) is 0 Å². The average molecular weight is 187 g/mol. The first kappa shape index (κ1) is 9.76. The number of rotatable bonds is 2. The highest BCUT2D eigenvalue weighted by Gasteiger charge is 2.21. The third-order valence-electron chi connectivity index (χ3n) is 3.41. The van der Waals surface area contributed by atoms with Crippen LogP contribution in [0.1, 0.15) is 50.5 Å². The van der Waals surface area contributed by atoms with E-state index < -0.39 is 0 Å². The summed E-state index contributed by atoms with van der Waals surface area (Å²) in [6.45, 7) is 2.36. The Morgan fingerprint density at radius 2 is 1.57 bits per heavy atom. The van der Waals surface area contributed by atoms with Gasteiger partial charge in [0.15, 0.2) is 0 Å². The predicted octanol–water partition coefficient (Wildman–Crippen LogP) is 4.33. The lowest BCUT2D eigenvalue weighted by atomic mass is 9.78. The molecule has 0 heteroatoms. The van der Waals surface area contributed by atoms with Gasteiger partial charge in [-0.15, -0.1) is 0 Å². The molecule has 1 aliphatic rings. The van der Waals surface area contributed by atoms with Crippen LogP contribution >= 0.6 is 0 Å². The van der Waals surface area contributed by atoms with E-state index in [4.69, 9.17) is 0 Å². The van der Waals surface area contributed by atoms with Gasteiger partial charge in [0.1, 0.15) is 0 Å². The summed E-state index contributed by atoms with van der Waals surface area (Å²) < 4.78 is 0. The summed E-state index contributed by atoms with van der Waals surface area (Å²) in [5.41, 5.74) is 1.49. The van der Waals surface area contributed by atoms with Crippen LogP contribution in [0.15, 0.2) is 30.3 Å². The molecule has 75 valence electrons. The smallest absolute Gasteiger partial charge is 0.0128 e. The summed E-state index contributed by atoms with van der Waals surface area (Å²) in [7, 11) is 0. The quantitative estimate of drug-likeness (QED) is 0.646. The number of hydrogen-bond donors (Lipinski definition) is 0. The van der Waals surface area contributed by atoms with Crippen molar-refractivity contribution in [2.45, 2.75) is 44.9 Å². The van der Waals surface area contributed by atoms with Crippen LogP contribution in [0.4, 0.5) is 0 Å². The Hall–Kier alpha value is -0.780. The lowest BCUT2D eigenvalue weighted by Crippen LogP contribution is -2.11. The monoisotopic (exact) mass is 187 g/mol. The van der Waals surface area contributed by atoms with E-state index >= 15 is 0 Å². The molecule has 2 rings (SSSR count). The topological polar surface area (TPSA) is 0 Å². The fourth-order valence-corrected chi connectivity index (χ4v) is 2.42. The molecule has 0 saturated heterocycles. The van der Waals surface area contributed by atoms with Crippen molar-refractivity contribution in [2.24, 2.45) is 0 Å². The third kappa shape index (κ3) is 2.17. The zero-order valence-corrected chi connectivity index (χ0v) is 9.00. The predicted molar refractivity (Wildman–Crippen MR) is 61.2 cm³/mol. The van der Waals surface area contributed by atoms with Gasteiger partial charge >= 0.3 is 0 Å². The molecule has 14 heavy (non-hydrogen) atoms. The molecule has 0 heterocycles. The Morgan fingerprint density at radius 3 is 2.21 bits per heavy atom. The molecule has 0 amide bonds. The molecule has 0 aromatic heterocycles. The van der Waals surface area contributed by atoms with Gasteiger partial charge in [-0.2, -0.15) is 0 Å². The normalized spacial score (nSPS) is 20.6. The summed E-state index contributed by atoms with van der Waals surface area (Å²) in [5.74, 6) is 2.44. The van der Waals surface area contributed by atoms with Crippen molar-refractivity contribution in [3.63, 3.8) is 0 Å². The van der Waals surface area contributed by atoms with E-state index in [1.54, 1.807) is 5.92 Å². The standard InChI is InChI=1S/C14H19/c1-12(13-8-4-2-5-9-13)14-10-6-3-7-11-14/h2,4-5,8-9,12H,3,6-7,10-11H2,1H3. The fraction of sp³-hybridized carbons (Fsp3) is 0.500. The van der Waals surface area contributed by atoms with E-state index in [0.29, 0.717) is 5.92 Å². The average Bonchev–Trinajstić information content (AvgIpc) is 2.30. The van der Waals surface area contributed by atoms with Crippen LogP contribution < -0.4 is 0 Å². The molecule has 0 nitrogen and oxygen atoms in total. The summed E-state index contributed by atoms with van der Waals surface area (Å²) in [4.78, 5) is 0. The maximum Gasteiger partial charge on any atom is -0.0128 e. The van der Waals surface area contributed by atoms with Crippen molar-refractivity contribution in [3.8, 4) is 0 Å². The molecule has 0 N–H and O–H groups in total. The minimum absolute atomic E-state index is 0.677.